The third-order valence-electron chi connectivity index (χ3n) is 3.33. The predicted octanol–water partition coefficient (Wildman–Crippen LogP) is 1.20. The van der Waals surface area contributed by atoms with Gasteiger partial charge >= 0.3 is 5.97 Å². The van der Waals surface area contributed by atoms with Crippen molar-refractivity contribution in [1.29, 1.82) is 0 Å². The number of hydrogen-bond acceptors (Lipinski definition) is 4. The minimum absolute atomic E-state index is 0.248. The molecule has 0 bridgehead atoms. The smallest absolute Gasteiger partial charge is 0.331 e. The van der Waals surface area contributed by atoms with E-state index in [1.54, 1.807) is 20.8 Å². The standard InChI is InChI=1S/C15H20N2O4/c1-5-21-14(20)15(2,3)17(4)13(19)11-8-6-10(7-9-11)12(16)18/h6-9H,5H2,1-4H3,(H2,16,18). The highest BCUT2D eigenvalue weighted by molar-refractivity contribution is 5.99. The van der Waals surface area contributed by atoms with E-state index >= 15 is 0 Å². The summed E-state index contributed by atoms with van der Waals surface area (Å²) in [5.41, 5.74) is 4.74. The Morgan fingerprint density at radius 2 is 1.62 bits per heavy atom. The molecule has 0 aromatic heterocycles. The van der Waals surface area contributed by atoms with Crippen molar-refractivity contribution in [3.8, 4) is 0 Å². The molecule has 0 radical (unpaired) electrons. The van der Waals surface area contributed by atoms with Gasteiger partial charge in [0.15, 0.2) is 0 Å². The van der Waals surface area contributed by atoms with Crippen LogP contribution in [-0.2, 0) is 9.53 Å². The molecule has 114 valence electrons. The first-order valence-corrected chi connectivity index (χ1v) is 6.57. The molecule has 0 heterocycles. The lowest BCUT2D eigenvalue weighted by Crippen LogP contribution is -2.51. The van der Waals surface area contributed by atoms with E-state index in [9.17, 15) is 14.4 Å². The van der Waals surface area contributed by atoms with Gasteiger partial charge in [-0.2, -0.15) is 0 Å². The number of likely N-dealkylation sites (N-methyl/N-ethyl adjacent to an activating group) is 1. The zero-order valence-corrected chi connectivity index (χ0v) is 12.7. The lowest BCUT2D eigenvalue weighted by Gasteiger charge is -2.33. The van der Waals surface area contributed by atoms with Crippen LogP contribution < -0.4 is 5.73 Å². The summed E-state index contributed by atoms with van der Waals surface area (Å²) in [5.74, 6) is -1.38. The molecule has 0 aliphatic heterocycles. The molecule has 0 saturated heterocycles. The fourth-order valence-corrected chi connectivity index (χ4v) is 1.67. The Morgan fingerprint density at radius 3 is 2.05 bits per heavy atom. The fraction of sp³-hybridized carbons (Fsp3) is 0.400. The van der Waals surface area contributed by atoms with Crippen LogP contribution in [0.25, 0.3) is 0 Å². The number of benzene rings is 1. The molecular formula is C15H20N2O4. The van der Waals surface area contributed by atoms with Gasteiger partial charge in [0.1, 0.15) is 5.54 Å². The number of carbonyl (C=O) groups is 3. The van der Waals surface area contributed by atoms with Gasteiger partial charge in [0, 0.05) is 18.2 Å². The number of rotatable bonds is 5. The van der Waals surface area contributed by atoms with Crippen molar-refractivity contribution >= 4 is 17.8 Å². The topological polar surface area (TPSA) is 89.7 Å². The summed E-state index contributed by atoms with van der Waals surface area (Å²) in [6.45, 7) is 5.18. The van der Waals surface area contributed by atoms with Crippen LogP contribution in [0.4, 0.5) is 0 Å². The van der Waals surface area contributed by atoms with Gasteiger partial charge in [0.25, 0.3) is 5.91 Å². The first kappa shape index (κ1) is 16.7. The normalized spacial score (nSPS) is 10.9. The van der Waals surface area contributed by atoms with Gasteiger partial charge in [-0.3, -0.25) is 9.59 Å². The van der Waals surface area contributed by atoms with Gasteiger partial charge in [-0.15, -0.1) is 0 Å². The van der Waals surface area contributed by atoms with E-state index in [-0.39, 0.29) is 12.5 Å². The molecule has 21 heavy (non-hydrogen) atoms. The van der Waals surface area contributed by atoms with E-state index in [1.807, 2.05) is 0 Å². The number of esters is 1. The average molecular weight is 292 g/mol. The summed E-state index contributed by atoms with van der Waals surface area (Å²) in [7, 11) is 1.53. The van der Waals surface area contributed by atoms with Crippen LogP contribution in [0.3, 0.4) is 0 Å². The Morgan fingerprint density at radius 1 is 1.14 bits per heavy atom. The molecule has 0 aliphatic rings. The van der Waals surface area contributed by atoms with Crippen LogP contribution >= 0.6 is 0 Å². The molecule has 1 aromatic rings. The molecule has 1 aromatic carbocycles. The Hall–Kier alpha value is -2.37. The average Bonchev–Trinajstić information content (AvgIpc) is 2.45. The summed E-state index contributed by atoms with van der Waals surface area (Å²) in [6.07, 6.45) is 0. The van der Waals surface area contributed by atoms with Crippen molar-refractivity contribution in [3.05, 3.63) is 35.4 Å². The highest BCUT2D eigenvalue weighted by Gasteiger charge is 2.37. The van der Waals surface area contributed by atoms with E-state index in [1.165, 1.54) is 36.2 Å². The minimum Gasteiger partial charge on any atom is -0.464 e. The highest BCUT2D eigenvalue weighted by Crippen LogP contribution is 2.18. The van der Waals surface area contributed by atoms with Gasteiger partial charge in [0.05, 0.1) is 6.61 Å². The van der Waals surface area contributed by atoms with Crippen molar-refractivity contribution in [2.24, 2.45) is 5.73 Å². The monoisotopic (exact) mass is 292 g/mol. The van der Waals surface area contributed by atoms with E-state index in [4.69, 9.17) is 10.5 Å². The van der Waals surface area contributed by atoms with Crippen molar-refractivity contribution < 1.29 is 19.1 Å². The molecule has 1 rings (SSSR count). The zero-order chi connectivity index (χ0) is 16.2. The number of hydrogen-bond donors (Lipinski definition) is 1. The molecule has 0 fully saturated rings. The maximum absolute atomic E-state index is 12.4. The van der Waals surface area contributed by atoms with E-state index in [0.29, 0.717) is 11.1 Å². The summed E-state index contributed by atoms with van der Waals surface area (Å²) in [6, 6.07) is 5.95. The van der Waals surface area contributed by atoms with E-state index in [2.05, 4.69) is 0 Å². The number of ether oxygens (including phenoxy) is 1. The quantitative estimate of drug-likeness (QED) is 0.826. The maximum atomic E-state index is 12.4. The second kappa shape index (κ2) is 6.39. The molecule has 0 spiro atoms. The number of nitrogens with zero attached hydrogens (tertiary/aromatic N) is 1. The Labute approximate surface area is 123 Å². The maximum Gasteiger partial charge on any atom is 0.331 e. The lowest BCUT2D eigenvalue weighted by atomic mass is 10.0. The summed E-state index contributed by atoms with van der Waals surface area (Å²) < 4.78 is 4.97. The first-order valence-electron chi connectivity index (χ1n) is 6.57. The highest BCUT2D eigenvalue weighted by atomic mass is 16.5. The number of nitrogens with two attached hydrogens (primary N) is 1. The van der Waals surface area contributed by atoms with Crippen LogP contribution in [0.15, 0.2) is 24.3 Å². The zero-order valence-electron chi connectivity index (χ0n) is 12.7. The van der Waals surface area contributed by atoms with E-state index < -0.39 is 17.4 Å². The van der Waals surface area contributed by atoms with E-state index in [0.717, 1.165) is 0 Å². The van der Waals surface area contributed by atoms with Crippen LogP contribution in [0, 0.1) is 0 Å². The third kappa shape index (κ3) is 3.59. The molecule has 0 aliphatic carbocycles. The largest absolute Gasteiger partial charge is 0.464 e. The molecule has 6 heteroatoms. The molecular weight excluding hydrogens is 272 g/mol. The Bertz CT molecular complexity index is 549. The fourth-order valence-electron chi connectivity index (χ4n) is 1.67. The minimum atomic E-state index is -1.09. The van der Waals surface area contributed by atoms with Gasteiger partial charge in [-0.1, -0.05) is 0 Å². The molecule has 0 unspecified atom stereocenters. The second-order valence-corrected chi connectivity index (χ2v) is 5.09. The van der Waals surface area contributed by atoms with Crippen LogP contribution in [-0.4, -0.2) is 41.9 Å². The molecule has 2 amide bonds. The van der Waals surface area contributed by atoms with Crippen molar-refractivity contribution in [1.82, 2.24) is 4.90 Å². The predicted molar refractivity (Wildman–Crippen MR) is 77.8 cm³/mol. The molecule has 2 N–H and O–H groups in total. The molecule has 0 saturated carbocycles. The molecule has 6 nitrogen and oxygen atoms in total. The number of amides is 2. The Kier molecular flexibility index (Phi) is 5.07. The second-order valence-electron chi connectivity index (χ2n) is 5.09. The number of carbonyl (C=O) groups excluding carboxylic acids is 3. The first-order chi connectivity index (χ1) is 9.71. The molecule has 0 atom stereocenters. The van der Waals surface area contributed by atoms with Crippen molar-refractivity contribution in [2.75, 3.05) is 13.7 Å². The van der Waals surface area contributed by atoms with Crippen LogP contribution in [0.5, 0.6) is 0 Å². The third-order valence-corrected chi connectivity index (χ3v) is 3.33. The summed E-state index contributed by atoms with van der Waals surface area (Å²) >= 11 is 0. The van der Waals surface area contributed by atoms with Crippen molar-refractivity contribution in [2.45, 2.75) is 26.3 Å². The van der Waals surface area contributed by atoms with Crippen LogP contribution in [0.1, 0.15) is 41.5 Å². The number of primary amides is 1. The van der Waals surface area contributed by atoms with Crippen LogP contribution in [0.2, 0.25) is 0 Å². The Balaban J connectivity index is 2.96. The summed E-state index contributed by atoms with van der Waals surface area (Å²) in [4.78, 5) is 36.6. The SMILES string of the molecule is CCOC(=O)C(C)(C)N(C)C(=O)c1ccc(C(N)=O)cc1. The van der Waals surface area contributed by atoms with Crippen molar-refractivity contribution in [3.63, 3.8) is 0 Å². The van der Waals surface area contributed by atoms with Gasteiger partial charge < -0.3 is 15.4 Å². The lowest BCUT2D eigenvalue weighted by molar-refractivity contribution is -0.153. The van der Waals surface area contributed by atoms with Gasteiger partial charge in [-0.05, 0) is 45.0 Å². The summed E-state index contributed by atoms with van der Waals surface area (Å²) in [5, 5.41) is 0. The van der Waals surface area contributed by atoms with Gasteiger partial charge in [0.2, 0.25) is 5.91 Å². The van der Waals surface area contributed by atoms with Gasteiger partial charge in [-0.25, -0.2) is 4.79 Å².